The number of aliphatic hydroxyl groups is 2. The zero-order chi connectivity index (χ0) is 72.5. The van der Waals surface area contributed by atoms with E-state index >= 15 is 0 Å². The molecule has 0 aliphatic carbocycles. The number of aromatic nitrogens is 2. The molecule has 526 valence electrons. The molecule has 2 aromatic heterocycles. The lowest BCUT2D eigenvalue weighted by molar-refractivity contribution is 0.126. The molecular weight excluding hydrogens is 1370 g/mol. The van der Waals surface area contributed by atoms with E-state index in [1.54, 1.807) is 23.5 Å². The predicted octanol–water partition coefficient (Wildman–Crippen LogP) is 24.8. The molecule has 0 saturated heterocycles. The van der Waals surface area contributed by atoms with Crippen LogP contribution in [0.5, 0.6) is 11.5 Å². The fourth-order valence-electron chi connectivity index (χ4n) is 14.4. The fourth-order valence-corrected chi connectivity index (χ4v) is 16.0. The number of thioether (sulfide) groups is 2. The van der Waals surface area contributed by atoms with Crippen LogP contribution in [0.4, 0.5) is 68.2 Å². The highest BCUT2D eigenvalue weighted by atomic mass is 32.2. The summed E-state index contributed by atoms with van der Waals surface area (Å²) in [7, 11) is 0. The van der Waals surface area contributed by atoms with Crippen LogP contribution < -0.4 is 29.1 Å². The first-order valence-corrected chi connectivity index (χ1v) is 38.3. The summed E-state index contributed by atoms with van der Waals surface area (Å²) in [5, 5.41) is 27.0. The van der Waals surface area contributed by atoms with Gasteiger partial charge >= 0.3 is 0 Å². The molecule has 2 N–H and O–H groups in total. The van der Waals surface area contributed by atoms with Crippen molar-refractivity contribution in [2.75, 3.05) is 44.3 Å². The van der Waals surface area contributed by atoms with E-state index in [0.717, 1.165) is 133 Å². The average molecular weight is 1440 g/mol. The zero-order valence-electron chi connectivity index (χ0n) is 59.1. The van der Waals surface area contributed by atoms with Gasteiger partial charge in [-0.25, -0.2) is 0 Å². The molecule has 0 spiro atoms. The molecule has 0 fully saturated rings. The highest BCUT2D eigenvalue weighted by Gasteiger charge is 2.24. The van der Waals surface area contributed by atoms with Crippen LogP contribution in [-0.2, 0) is 0 Å². The molecule has 0 aliphatic rings. The van der Waals surface area contributed by atoms with Crippen molar-refractivity contribution in [2.24, 2.45) is 0 Å². The molecule has 12 heteroatoms. The summed E-state index contributed by atoms with van der Waals surface area (Å²) >= 11 is 3.17. The smallest absolute Gasteiger partial charge is 0.119 e. The number of para-hydroxylation sites is 8. The first kappa shape index (κ1) is 68.4. The van der Waals surface area contributed by atoms with Gasteiger partial charge < -0.3 is 48.4 Å². The molecule has 10 nitrogen and oxygen atoms in total. The predicted molar refractivity (Wildman–Crippen MR) is 451 cm³/mol. The molecule has 15 aromatic carbocycles. The van der Waals surface area contributed by atoms with Crippen LogP contribution >= 0.6 is 23.5 Å². The van der Waals surface area contributed by atoms with Crippen molar-refractivity contribution >= 4 is 135 Å². The first-order chi connectivity index (χ1) is 53.4. The Morgan fingerprint density at radius 3 is 0.667 bits per heavy atom. The van der Waals surface area contributed by atoms with Gasteiger partial charge in [0, 0.05) is 122 Å². The number of anilines is 12. The van der Waals surface area contributed by atoms with Crippen LogP contribution in [0.15, 0.2) is 398 Å². The molecule has 2 heterocycles. The first-order valence-electron chi connectivity index (χ1n) is 36.3. The van der Waals surface area contributed by atoms with Crippen molar-refractivity contribution in [1.29, 1.82) is 0 Å². The number of benzene rings is 15. The number of hydrogen-bond acceptors (Lipinski definition) is 10. The van der Waals surface area contributed by atoms with Gasteiger partial charge in [-0.05, 0) is 243 Å². The Hall–Kier alpha value is -12.7. The minimum atomic E-state index is -0.709. The summed E-state index contributed by atoms with van der Waals surface area (Å²) in [6.45, 7) is 0.283. The van der Waals surface area contributed by atoms with E-state index in [1.165, 1.54) is 0 Å². The maximum atomic E-state index is 11.3. The number of nitrogens with zero attached hydrogens (tertiary/aromatic N) is 6. The molecule has 2 atom stereocenters. The highest BCUT2D eigenvalue weighted by molar-refractivity contribution is 7.99. The summed E-state index contributed by atoms with van der Waals surface area (Å²) in [5.74, 6) is 2.26. The Labute approximate surface area is 637 Å². The largest absolute Gasteiger partial charge is 0.491 e. The third kappa shape index (κ3) is 14.6. The summed E-state index contributed by atoms with van der Waals surface area (Å²) in [6, 6.07) is 136. The fraction of sp³-hybridized carbons (Fsp3) is 0.0625. The molecule has 0 amide bonds. The minimum absolute atomic E-state index is 0.141. The second-order valence-electron chi connectivity index (χ2n) is 26.5. The molecule has 0 saturated carbocycles. The van der Waals surface area contributed by atoms with E-state index in [0.29, 0.717) is 23.0 Å². The summed E-state index contributed by atoms with van der Waals surface area (Å²) in [5.41, 5.74) is 19.0. The maximum absolute atomic E-state index is 11.3. The monoisotopic (exact) mass is 1440 g/mol. The number of hydrogen-bond donors (Lipinski definition) is 2. The number of rotatable bonds is 26. The topological polar surface area (TPSA) is 81.7 Å². The van der Waals surface area contributed by atoms with Gasteiger partial charge in [-0.3, -0.25) is 0 Å². The third-order valence-corrected chi connectivity index (χ3v) is 21.7. The Morgan fingerprint density at radius 1 is 0.241 bits per heavy atom. The number of ether oxygens (including phenoxy) is 2. The van der Waals surface area contributed by atoms with Crippen molar-refractivity contribution in [1.82, 2.24) is 9.13 Å². The molecule has 0 radical (unpaired) electrons. The number of fused-ring (bicyclic) bond motifs is 6. The van der Waals surface area contributed by atoms with E-state index in [1.807, 2.05) is 24.3 Å². The maximum Gasteiger partial charge on any atom is 0.119 e. The van der Waals surface area contributed by atoms with Crippen LogP contribution in [-0.4, -0.2) is 56.3 Å². The summed E-state index contributed by atoms with van der Waals surface area (Å²) in [6.07, 6.45) is -1.42. The highest BCUT2D eigenvalue weighted by Crippen LogP contribution is 2.46. The molecule has 17 aromatic rings. The minimum Gasteiger partial charge on any atom is -0.491 e. The molecule has 2 unspecified atom stereocenters. The van der Waals surface area contributed by atoms with Crippen LogP contribution in [0, 0.1) is 0 Å². The molecule has 108 heavy (non-hydrogen) atoms. The van der Waals surface area contributed by atoms with E-state index < -0.39 is 12.2 Å². The lowest BCUT2D eigenvalue weighted by Gasteiger charge is -2.26. The summed E-state index contributed by atoms with van der Waals surface area (Å²) in [4.78, 5) is 11.3. The van der Waals surface area contributed by atoms with Gasteiger partial charge in [-0.1, -0.05) is 146 Å². The average Bonchev–Trinajstić information content (AvgIpc) is 1.58. The Balaban J connectivity index is 0.545. The van der Waals surface area contributed by atoms with Crippen molar-refractivity contribution in [3.8, 4) is 22.9 Å². The summed E-state index contributed by atoms with van der Waals surface area (Å²) < 4.78 is 17.2. The van der Waals surface area contributed by atoms with Gasteiger partial charge in [-0.15, -0.1) is 23.5 Å². The van der Waals surface area contributed by atoms with Crippen LogP contribution in [0.2, 0.25) is 0 Å². The Morgan fingerprint density at radius 2 is 0.454 bits per heavy atom. The molecular formula is C96H76N6O4S2. The third-order valence-electron chi connectivity index (χ3n) is 19.4. The van der Waals surface area contributed by atoms with Crippen molar-refractivity contribution in [3.05, 3.63) is 388 Å². The van der Waals surface area contributed by atoms with Gasteiger partial charge in [0.25, 0.3) is 0 Å². The molecule has 17 rings (SSSR count). The standard InChI is InChI=1S/C96H76N6O4S2/c103-83(65-105-85-49-41-77(42-50-85)101-93-57-45-79(97(69-25-9-1-10-26-69)70-27-11-2-12-28-70)61-89(93)90-62-80(46-58-94(90)101)98(71-29-13-3-14-30-71)72-31-15-4-16-32-72)67-107-87-53-55-88(56-54-87)108-68-84(104)66-106-86-51-43-78(44-52-86)102-95-59-47-81(99(73-33-17-5-18-34-73)74-35-19-6-20-36-74)63-91(95)92-64-82(48-60-96(92)102)100(75-37-21-7-22-38-75)76-39-23-8-24-40-76/h1-64,83-84,103-104H,65-68H2. The number of aliphatic hydroxyl groups excluding tert-OH is 2. The molecule has 0 bridgehead atoms. The molecule has 0 aliphatic heterocycles. The van der Waals surface area contributed by atoms with E-state index in [2.05, 4.69) is 393 Å². The zero-order valence-corrected chi connectivity index (χ0v) is 60.8. The SMILES string of the molecule is OC(COc1ccc(-n2c3ccc(N(c4ccccc4)c4ccccc4)cc3c3cc(N(c4ccccc4)c4ccccc4)ccc32)cc1)CSc1ccc(SCC(O)COc2ccc(-n3c4ccc(N(c5ccccc5)c5ccccc5)cc4c4cc(N(c5ccccc5)c5ccccc5)ccc43)cc2)cc1. The Bertz CT molecular complexity index is 5050. The quantitative estimate of drug-likeness (QED) is 0.0512. The Kier molecular flexibility index (Phi) is 20.0. The van der Waals surface area contributed by atoms with Crippen LogP contribution in [0.25, 0.3) is 55.0 Å². The van der Waals surface area contributed by atoms with Crippen molar-refractivity contribution < 1.29 is 19.7 Å². The van der Waals surface area contributed by atoms with Gasteiger partial charge in [-0.2, -0.15) is 0 Å². The van der Waals surface area contributed by atoms with E-state index in [-0.39, 0.29) is 13.2 Å². The van der Waals surface area contributed by atoms with E-state index in [9.17, 15) is 10.2 Å². The van der Waals surface area contributed by atoms with E-state index in [4.69, 9.17) is 9.47 Å². The lowest BCUT2D eigenvalue weighted by atomic mass is 10.1. The van der Waals surface area contributed by atoms with Crippen molar-refractivity contribution in [2.45, 2.75) is 22.0 Å². The van der Waals surface area contributed by atoms with Gasteiger partial charge in [0.2, 0.25) is 0 Å². The van der Waals surface area contributed by atoms with Crippen LogP contribution in [0.3, 0.4) is 0 Å². The second kappa shape index (κ2) is 31.6. The van der Waals surface area contributed by atoms with Gasteiger partial charge in [0.1, 0.15) is 24.7 Å². The second-order valence-corrected chi connectivity index (χ2v) is 28.7. The van der Waals surface area contributed by atoms with Gasteiger partial charge in [0.15, 0.2) is 0 Å². The van der Waals surface area contributed by atoms with Crippen molar-refractivity contribution in [3.63, 3.8) is 0 Å². The lowest BCUT2D eigenvalue weighted by Crippen LogP contribution is -2.20. The normalized spacial score (nSPS) is 11.9. The van der Waals surface area contributed by atoms with Gasteiger partial charge in [0.05, 0.1) is 34.3 Å². The van der Waals surface area contributed by atoms with Crippen LogP contribution in [0.1, 0.15) is 0 Å².